The first-order valence-electron chi connectivity index (χ1n) is 10.1. The Hall–Kier alpha value is -4.19. The smallest absolute Gasteiger partial charge is 0.356 e. The SMILES string of the molecule is CCOc1ccc(C(=O)/C=C(\NN=C(c2ccccc2)c2ccccc2)C(=O)OC)cc1. The Kier molecular flexibility index (Phi) is 7.92. The number of hydrazone groups is 1. The van der Waals surface area contributed by atoms with Gasteiger partial charge in [0.15, 0.2) is 5.78 Å². The van der Waals surface area contributed by atoms with Crippen molar-refractivity contribution in [1.29, 1.82) is 0 Å². The van der Waals surface area contributed by atoms with Gasteiger partial charge in [-0.2, -0.15) is 5.10 Å². The molecule has 6 nitrogen and oxygen atoms in total. The maximum Gasteiger partial charge on any atom is 0.356 e. The summed E-state index contributed by atoms with van der Waals surface area (Å²) in [7, 11) is 1.25. The summed E-state index contributed by atoms with van der Waals surface area (Å²) in [4.78, 5) is 25.0. The van der Waals surface area contributed by atoms with E-state index in [2.05, 4.69) is 10.5 Å². The Morgan fingerprint density at radius 2 is 1.41 bits per heavy atom. The number of benzene rings is 3. The first-order valence-corrected chi connectivity index (χ1v) is 10.1. The van der Waals surface area contributed by atoms with Crippen LogP contribution in [-0.4, -0.2) is 31.2 Å². The van der Waals surface area contributed by atoms with Gasteiger partial charge in [-0.3, -0.25) is 10.2 Å². The third-order valence-electron chi connectivity index (χ3n) is 4.51. The number of hydrogen-bond donors (Lipinski definition) is 1. The second-order valence-corrected chi connectivity index (χ2v) is 6.68. The van der Waals surface area contributed by atoms with Gasteiger partial charge in [-0.1, -0.05) is 60.7 Å². The summed E-state index contributed by atoms with van der Waals surface area (Å²) in [5, 5.41) is 4.44. The molecule has 0 amide bonds. The van der Waals surface area contributed by atoms with Gasteiger partial charge in [-0.15, -0.1) is 0 Å². The van der Waals surface area contributed by atoms with Gasteiger partial charge in [0.05, 0.1) is 19.4 Å². The number of rotatable bonds is 9. The molecule has 0 bridgehead atoms. The van der Waals surface area contributed by atoms with Crippen molar-refractivity contribution in [3.05, 3.63) is 113 Å². The first kappa shape index (κ1) is 22.5. The van der Waals surface area contributed by atoms with Gasteiger partial charge < -0.3 is 9.47 Å². The van der Waals surface area contributed by atoms with E-state index in [9.17, 15) is 9.59 Å². The predicted molar refractivity (Wildman–Crippen MR) is 124 cm³/mol. The summed E-state index contributed by atoms with van der Waals surface area (Å²) < 4.78 is 10.2. The van der Waals surface area contributed by atoms with Crippen LogP contribution < -0.4 is 10.2 Å². The molecule has 0 saturated carbocycles. The fourth-order valence-electron chi connectivity index (χ4n) is 2.95. The molecule has 0 fully saturated rings. The zero-order valence-corrected chi connectivity index (χ0v) is 17.9. The van der Waals surface area contributed by atoms with Crippen LogP contribution in [0.1, 0.15) is 28.4 Å². The summed E-state index contributed by atoms with van der Waals surface area (Å²) in [5.41, 5.74) is 5.39. The average molecular weight is 428 g/mol. The molecule has 3 rings (SSSR count). The Morgan fingerprint density at radius 3 is 1.91 bits per heavy atom. The molecular formula is C26H24N2O4. The number of ketones is 1. The quantitative estimate of drug-likeness (QED) is 0.180. The molecule has 32 heavy (non-hydrogen) atoms. The van der Waals surface area contributed by atoms with Gasteiger partial charge in [0.2, 0.25) is 0 Å². The molecule has 0 aliphatic heterocycles. The lowest BCUT2D eigenvalue weighted by Crippen LogP contribution is -2.21. The highest BCUT2D eigenvalue weighted by Crippen LogP contribution is 2.14. The van der Waals surface area contributed by atoms with Crippen LogP contribution in [0, 0.1) is 0 Å². The van der Waals surface area contributed by atoms with Crippen molar-refractivity contribution in [2.75, 3.05) is 13.7 Å². The van der Waals surface area contributed by atoms with E-state index in [0.29, 0.717) is 23.6 Å². The van der Waals surface area contributed by atoms with E-state index in [1.807, 2.05) is 67.6 Å². The Labute approximate surface area is 187 Å². The van der Waals surface area contributed by atoms with E-state index in [1.165, 1.54) is 13.2 Å². The van der Waals surface area contributed by atoms with Gasteiger partial charge in [0, 0.05) is 22.8 Å². The van der Waals surface area contributed by atoms with Gasteiger partial charge >= 0.3 is 5.97 Å². The fourth-order valence-corrected chi connectivity index (χ4v) is 2.95. The summed E-state index contributed by atoms with van der Waals surface area (Å²) in [5.74, 6) is -0.398. The minimum absolute atomic E-state index is 0.0734. The zero-order valence-electron chi connectivity index (χ0n) is 17.9. The summed E-state index contributed by atoms with van der Waals surface area (Å²) >= 11 is 0. The van der Waals surface area contributed by atoms with Gasteiger partial charge in [-0.25, -0.2) is 4.79 Å². The van der Waals surface area contributed by atoms with Gasteiger partial charge in [0.1, 0.15) is 11.4 Å². The maximum atomic E-state index is 12.7. The van der Waals surface area contributed by atoms with Crippen molar-refractivity contribution >= 4 is 17.5 Å². The molecule has 0 aromatic heterocycles. The second-order valence-electron chi connectivity index (χ2n) is 6.68. The zero-order chi connectivity index (χ0) is 22.8. The molecule has 3 aromatic carbocycles. The maximum absolute atomic E-state index is 12.7. The third-order valence-corrected chi connectivity index (χ3v) is 4.51. The van der Waals surface area contributed by atoms with E-state index < -0.39 is 5.97 Å². The molecule has 0 spiro atoms. The standard InChI is InChI=1S/C26H24N2O4/c1-3-32-22-16-14-19(15-17-22)24(29)18-23(26(30)31-2)27-28-25(20-10-6-4-7-11-20)21-12-8-5-9-13-21/h4-18,27H,3H2,1-2H3/b23-18-. The number of nitrogens with zero attached hydrogens (tertiary/aromatic N) is 1. The van der Waals surface area contributed by atoms with Crippen LogP contribution >= 0.6 is 0 Å². The van der Waals surface area contributed by atoms with Crippen LogP contribution in [0.3, 0.4) is 0 Å². The van der Waals surface area contributed by atoms with Crippen LogP contribution in [0.15, 0.2) is 102 Å². The highest BCUT2D eigenvalue weighted by molar-refractivity contribution is 6.13. The van der Waals surface area contributed by atoms with Gasteiger partial charge in [0.25, 0.3) is 0 Å². The molecule has 0 radical (unpaired) electrons. The van der Waals surface area contributed by atoms with Crippen molar-refractivity contribution in [1.82, 2.24) is 5.43 Å². The molecule has 0 heterocycles. The van der Waals surface area contributed by atoms with E-state index in [0.717, 1.165) is 11.1 Å². The van der Waals surface area contributed by atoms with E-state index in [4.69, 9.17) is 9.47 Å². The van der Waals surface area contributed by atoms with Gasteiger partial charge in [-0.05, 0) is 31.2 Å². The number of nitrogens with one attached hydrogen (secondary N) is 1. The molecule has 3 aromatic rings. The molecule has 0 atom stereocenters. The van der Waals surface area contributed by atoms with Crippen molar-refractivity contribution in [2.24, 2.45) is 5.10 Å². The molecule has 162 valence electrons. The number of methoxy groups -OCH3 is 1. The monoisotopic (exact) mass is 428 g/mol. The molecule has 0 unspecified atom stereocenters. The van der Waals surface area contributed by atoms with Crippen molar-refractivity contribution in [3.63, 3.8) is 0 Å². The first-order chi connectivity index (χ1) is 15.6. The minimum Gasteiger partial charge on any atom is -0.494 e. The second kappa shape index (κ2) is 11.3. The molecule has 6 heteroatoms. The summed E-state index contributed by atoms with van der Waals surface area (Å²) in [6.07, 6.45) is 1.18. The number of ether oxygens (including phenoxy) is 2. The van der Waals surface area contributed by atoms with Crippen molar-refractivity contribution in [3.8, 4) is 5.75 Å². The Bertz CT molecular complexity index is 1060. The lowest BCUT2D eigenvalue weighted by atomic mass is 10.0. The lowest BCUT2D eigenvalue weighted by molar-refractivity contribution is -0.136. The topological polar surface area (TPSA) is 77.0 Å². The number of esters is 1. The summed E-state index contributed by atoms with van der Waals surface area (Å²) in [6, 6.07) is 25.8. The largest absolute Gasteiger partial charge is 0.494 e. The number of hydrogen-bond acceptors (Lipinski definition) is 6. The van der Waals surface area contributed by atoms with Crippen molar-refractivity contribution in [2.45, 2.75) is 6.92 Å². The van der Waals surface area contributed by atoms with Crippen LogP contribution in [0.2, 0.25) is 0 Å². The fraction of sp³-hybridized carbons (Fsp3) is 0.115. The van der Waals surface area contributed by atoms with E-state index >= 15 is 0 Å². The highest BCUT2D eigenvalue weighted by atomic mass is 16.5. The van der Waals surface area contributed by atoms with Crippen LogP contribution in [0.25, 0.3) is 0 Å². The normalized spacial score (nSPS) is 10.8. The molecule has 0 saturated heterocycles. The van der Waals surface area contributed by atoms with Crippen LogP contribution in [0.5, 0.6) is 5.75 Å². The third kappa shape index (κ3) is 5.92. The van der Waals surface area contributed by atoms with Crippen LogP contribution in [0.4, 0.5) is 0 Å². The van der Waals surface area contributed by atoms with E-state index in [1.54, 1.807) is 24.3 Å². The average Bonchev–Trinajstić information content (AvgIpc) is 2.85. The van der Waals surface area contributed by atoms with E-state index in [-0.39, 0.29) is 11.5 Å². The number of carbonyl (C=O) groups excluding carboxylic acids is 2. The Balaban J connectivity index is 1.92. The number of carbonyl (C=O) groups is 2. The van der Waals surface area contributed by atoms with Crippen molar-refractivity contribution < 1.29 is 19.1 Å². The molecule has 1 N–H and O–H groups in total. The Morgan fingerprint density at radius 1 is 0.844 bits per heavy atom. The molecular weight excluding hydrogens is 404 g/mol. The molecule has 0 aliphatic rings. The highest BCUT2D eigenvalue weighted by Gasteiger charge is 2.14. The lowest BCUT2D eigenvalue weighted by Gasteiger charge is -2.10. The summed E-state index contributed by atoms with van der Waals surface area (Å²) in [6.45, 7) is 2.42. The van der Waals surface area contributed by atoms with Crippen LogP contribution in [-0.2, 0) is 9.53 Å². The number of allylic oxidation sites excluding steroid dienone is 1. The predicted octanol–water partition coefficient (Wildman–Crippen LogP) is 4.37. The minimum atomic E-state index is -0.700. The molecule has 0 aliphatic carbocycles.